The van der Waals surface area contributed by atoms with Gasteiger partial charge in [-0.2, -0.15) is 13.2 Å². The lowest BCUT2D eigenvalue weighted by atomic mass is 10.1. The van der Waals surface area contributed by atoms with Crippen molar-refractivity contribution in [2.24, 2.45) is 0 Å². The molecule has 1 heterocycles. The van der Waals surface area contributed by atoms with Crippen LogP contribution in [0.2, 0.25) is 5.02 Å². The molecule has 3 rings (SSSR count). The second-order valence-corrected chi connectivity index (χ2v) is 6.76. The predicted molar refractivity (Wildman–Crippen MR) is 103 cm³/mol. The number of rotatable bonds is 5. The second kappa shape index (κ2) is 7.99. The number of methoxy groups -OCH3 is 2. The van der Waals surface area contributed by atoms with Gasteiger partial charge in [0.05, 0.1) is 19.9 Å². The van der Waals surface area contributed by atoms with Gasteiger partial charge in [-0.15, -0.1) is 0 Å². The van der Waals surface area contributed by atoms with Crippen LogP contribution >= 0.6 is 11.6 Å². The molecule has 0 saturated carbocycles. The van der Waals surface area contributed by atoms with E-state index >= 15 is 0 Å². The zero-order valence-electron chi connectivity index (χ0n) is 16.0. The summed E-state index contributed by atoms with van der Waals surface area (Å²) in [4.78, 5) is 38.0. The van der Waals surface area contributed by atoms with Gasteiger partial charge in [0.15, 0.2) is 11.5 Å². The third-order valence-corrected chi connectivity index (χ3v) is 4.73. The predicted octanol–water partition coefficient (Wildman–Crippen LogP) is 3.10. The summed E-state index contributed by atoms with van der Waals surface area (Å²) in [5.74, 6) is -2.67. The molecule has 1 atom stereocenters. The summed E-state index contributed by atoms with van der Waals surface area (Å²) in [7, 11) is 2.62. The SMILES string of the molecule is COc1ccc(C(=O)N[C@]2(C(F)(F)F)NC(=O)N(c3ccc(Cl)cc3)C2=O)cc1OC. The smallest absolute Gasteiger partial charge is 0.440 e. The molecule has 1 aliphatic rings. The van der Waals surface area contributed by atoms with Crippen LogP contribution in [0.15, 0.2) is 42.5 Å². The van der Waals surface area contributed by atoms with Crippen LogP contribution in [-0.4, -0.2) is 43.9 Å². The second-order valence-electron chi connectivity index (χ2n) is 6.32. The molecule has 2 aromatic rings. The summed E-state index contributed by atoms with van der Waals surface area (Å²) in [6.45, 7) is 0. The van der Waals surface area contributed by atoms with Crippen molar-refractivity contribution in [1.82, 2.24) is 10.6 Å². The Bertz CT molecular complexity index is 1050. The molecule has 164 valence electrons. The Hall–Kier alpha value is -3.47. The van der Waals surface area contributed by atoms with Crippen molar-refractivity contribution in [2.75, 3.05) is 19.1 Å². The van der Waals surface area contributed by atoms with E-state index in [9.17, 15) is 27.6 Å². The van der Waals surface area contributed by atoms with Crippen LogP contribution in [0.3, 0.4) is 0 Å². The molecular formula is C19H15ClF3N3O5. The first kappa shape index (κ1) is 22.2. The number of carbonyl (C=O) groups excluding carboxylic acids is 3. The minimum Gasteiger partial charge on any atom is -0.493 e. The van der Waals surface area contributed by atoms with Crippen LogP contribution in [0.1, 0.15) is 10.4 Å². The Balaban J connectivity index is 1.99. The van der Waals surface area contributed by atoms with Crippen molar-refractivity contribution in [2.45, 2.75) is 11.8 Å². The fourth-order valence-corrected chi connectivity index (χ4v) is 3.05. The molecule has 8 nitrogen and oxygen atoms in total. The lowest BCUT2D eigenvalue weighted by Gasteiger charge is -2.30. The van der Waals surface area contributed by atoms with E-state index in [1.54, 1.807) is 10.6 Å². The Morgan fingerprint density at radius 3 is 2.23 bits per heavy atom. The molecule has 0 radical (unpaired) electrons. The number of nitrogens with zero attached hydrogens (tertiary/aromatic N) is 1. The molecule has 4 amide bonds. The normalized spacial score (nSPS) is 18.6. The van der Waals surface area contributed by atoms with Crippen molar-refractivity contribution in [3.05, 3.63) is 53.1 Å². The minimum atomic E-state index is -5.35. The number of halogens is 4. The van der Waals surface area contributed by atoms with E-state index < -0.39 is 29.7 Å². The van der Waals surface area contributed by atoms with Crippen LogP contribution in [0.25, 0.3) is 0 Å². The molecule has 0 spiro atoms. The highest BCUT2D eigenvalue weighted by Gasteiger charge is 2.69. The minimum absolute atomic E-state index is 0.0841. The highest BCUT2D eigenvalue weighted by atomic mass is 35.5. The summed E-state index contributed by atoms with van der Waals surface area (Å²) in [5.41, 5.74) is -4.08. The van der Waals surface area contributed by atoms with Crippen LogP contribution in [-0.2, 0) is 4.79 Å². The average molecular weight is 458 g/mol. The summed E-state index contributed by atoms with van der Waals surface area (Å²) < 4.78 is 52.0. The van der Waals surface area contributed by atoms with E-state index in [0.717, 1.165) is 6.07 Å². The number of benzene rings is 2. The van der Waals surface area contributed by atoms with Gasteiger partial charge in [0.1, 0.15) is 0 Å². The van der Waals surface area contributed by atoms with Crippen molar-refractivity contribution in [3.63, 3.8) is 0 Å². The van der Waals surface area contributed by atoms with E-state index in [-0.39, 0.29) is 32.7 Å². The van der Waals surface area contributed by atoms with E-state index in [2.05, 4.69) is 0 Å². The third-order valence-electron chi connectivity index (χ3n) is 4.48. The van der Waals surface area contributed by atoms with E-state index in [1.165, 1.54) is 50.6 Å². The summed E-state index contributed by atoms with van der Waals surface area (Å²) in [5, 5.41) is 3.43. The zero-order valence-corrected chi connectivity index (χ0v) is 16.8. The van der Waals surface area contributed by atoms with Gasteiger partial charge in [0.2, 0.25) is 0 Å². The Labute approximate surface area is 178 Å². The molecule has 1 fully saturated rings. The van der Waals surface area contributed by atoms with Crippen LogP contribution in [0.4, 0.5) is 23.7 Å². The molecule has 12 heteroatoms. The molecule has 2 N–H and O–H groups in total. The quantitative estimate of drug-likeness (QED) is 0.672. The van der Waals surface area contributed by atoms with Gasteiger partial charge in [-0.3, -0.25) is 14.9 Å². The van der Waals surface area contributed by atoms with Crippen LogP contribution < -0.4 is 25.0 Å². The maximum Gasteiger partial charge on any atom is 0.440 e. The zero-order chi connectivity index (χ0) is 23.0. The van der Waals surface area contributed by atoms with Gasteiger partial charge in [-0.25, -0.2) is 9.69 Å². The lowest BCUT2D eigenvalue weighted by molar-refractivity contribution is -0.197. The number of alkyl halides is 3. The van der Waals surface area contributed by atoms with E-state index in [0.29, 0.717) is 0 Å². The van der Waals surface area contributed by atoms with Gasteiger partial charge in [-0.1, -0.05) is 11.6 Å². The first-order valence-corrected chi connectivity index (χ1v) is 8.95. The Morgan fingerprint density at radius 2 is 1.68 bits per heavy atom. The average Bonchev–Trinajstić information content (AvgIpc) is 2.98. The molecule has 0 aliphatic carbocycles. The van der Waals surface area contributed by atoms with Gasteiger partial charge >= 0.3 is 12.2 Å². The third kappa shape index (κ3) is 3.83. The molecule has 0 bridgehead atoms. The summed E-state index contributed by atoms with van der Waals surface area (Å²) >= 11 is 5.74. The number of hydrogen-bond acceptors (Lipinski definition) is 5. The maximum atomic E-state index is 14.0. The number of ether oxygens (including phenoxy) is 2. The van der Waals surface area contributed by atoms with Gasteiger partial charge < -0.3 is 14.8 Å². The highest BCUT2D eigenvalue weighted by molar-refractivity contribution is 6.31. The maximum absolute atomic E-state index is 14.0. The number of hydrogen-bond donors (Lipinski definition) is 2. The monoisotopic (exact) mass is 457 g/mol. The Morgan fingerprint density at radius 1 is 1.06 bits per heavy atom. The van der Waals surface area contributed by atoms with Gasteiger partial charge in [0, 0.05) is 10.6 Å². The summed E-state index contributed by atoms with van der Waals surface area (Å²) in [6, 6.07) is 7.25. The fourth-order valence-electron chi connectivity index (χ4n) is 2.92. The lowest BCUT2D eigenvalue weighted by Crippen LogP contribution is -2.69. The topological polar surface area (TPSA) is 97.0 Å². The standard InChI is InChI=1S/C19H15ClF3N3O5/c1-30-13-8-3-10(9-14(13)31-2)15(27)24-18(19(21,22)23)16(28)26(17(29)25-18)12-6-4-11(20)5-7-12/h3-9H,1-2H3,(H,24,27)(H,25,29)/t18-/m0/s1. The number of nitrogens with one attached hydrogen (secondary N) is 2. The van der Waals surface area contributed by atoms with Crippen molar-refractivity contribution in [3.8, 4) is 11.5 Å². The van der Waals surface area contributed by atoms with Gasteiger partial charge in [-0.05, 0) is 42.5 Å². The van der Waals surface area contributed by atoms with Gasteiger partial charge in [0.25, 0.3) is 17.5 Å². The Kier molecular flexibility index (Phi) is 5.72. The summed E-state index contributed by atoms with van der Waals surface area (Å²) in [6.07, 6.45) is -5.35. The molecular weight excluding hydrogens is 443 g/mol. The van der Waals surface area contributed by atoms with E-state index in [1.807, 2.05) is 0 Å². The number of imide groups is 1. The fraction of sp³-hybridized carbons (Fsp3) is 0.211. The molecule has 0 aromatic heterocycles. The van der Waals surface area contributed by atoms with Crippen molar-refractivity contribution < 1.29 is 37.0 Å². The number of amides is 4. The molecule has 1 saturated heterocycles. The van der Waals surface area contributed by atoms with Crippen molar-refractivity contribution >= 4 is 35.1 Å². The molecule has 31 heavy (non-hydrogen) atoms. The molecule has 0 unspecified atom stereocenters. The number of urea groups is 1. The highest BCUT2D eigenvalue weighted by Crippen LogP contribution is 2.36. The first-order chi connectivity index (χ1) is 14.5. The molecule has 2 aromatic carbocycles. The van der Waals surface area contributed by atoms with E-state index in [4.69, 9.17) is 21.1 Å². The molecule has 1 aliphatic heterocycles. The number of anilines is 1. The van der Waals surface area contributed by atoms with Crippen LogP contribution in [0.5, 0.6) is 11.5 Å². The largest absolute Gasteiger partial charge is 0.493 e. The van der Waals surface area contributed by atoms with Crippen LogP contribution in [0, 0.1) is 0 Å². The number of carbonyl (C=O) groups is 3. The first-order valence-electron chi connectivity index (χ1n) is 8.57. The van der Waals surface area contributed by atoms with Crippen molar-refractivity contribution in [1.29, 1.82) is 0 Å².